The molecule has 0 aliphatic carbocycles. The number of aromatic hydroxyl groups is 2. The second-order valence-electron chi connectivity index (χ2n) is 8.20. The van der Waals surface area contributed by atoms with Crippen LogP contribution in [0.4, 0.5) is 0 Å². The normalized spacial score (nSPS) is 13.8. The number of carbonyl (C=O) groups excluding carboxylic acids is 2. The highest BCUT2D eigenvalue weighted by atomic mass is 16.4. The molecule has 0 unspecified atom stereocenters. The molecule has 180 valence electrons. The molecule has 36 heavy (non-hydrogen) atoms. The van der Waals surface area contributed by atoms with E-state index >= 15 is 0 Å². The van der Waals surface area contributed by atoms with Gasteiger partial charge in [0.05, 0.1) is 10.8 Å². The first-order chi connectivity index (χ1) is 17.3. The number of allylic oxidation sites excluding steroid dienone is 2. The highest BCUT2D eigenvalue weighted by Gasteiger charge is 2.35. The van der Waals surface area contributed by atoms with Crippen LogP contribution in [-0.2, 0) is 0 Å². The topological polar surface area (TPSA) is 147 Å². The fourth-order valence-electron chi connectivity index (χ4n) is 4.43. The summed E-state index contributed by atoms with van der Waals surface area (Å²) in [6.07, 6.45) is 2.88. The van der Waals surface area contributed by atoms with Crippen molar-refractivity contribution in [2.45, 2.75) is 13.3 Å². The maximum absolute atomic E-state index is 13.5. The molecule has 4 aromatic rings. The van der Waals surface area contributed by atoms with Gasteiger partial charge in [-0.1, -0.05) is 31.2 Å². The second kappa shape index (κ2) is 8.70. The summed E-state index contributed by atoms with van der Waals surface area (Å²) < 4.78 is 10.4. The van der Waals surface area contributed by atoms with Crippen molar-refractivity contribution in [3.63, 3.8) is 0 Å². The van der Waals surface area contributed by atoms with Gasteiger partial charge in [0.2, 0.25) is 11.6 Å². The number of rotatable bonds is 5. The zero-order valence-corrected chi connectivity index (χ0v) is 18.9. The molecular formula is C27H19NO8. The molecule has 9 nitrogen and oxygen atoms in total. The van der Waals surface area contributed by atoms with Gasteiger partial charge in [-0.2, -0.15) is 0 Å². The van der Waals surface area contributed by atoms with Gasteiger partial charge < -0.3 is 24.4 Å². The molecule has 0 atom stereocenters. The predicted octanol–water partition coefficient (Wildman–Crippen LogP) is 3.77. The highest BCUT2D eigenvalue weighted by Crippen LogP contribution is 2.35. The SMILES string of the molecule is CCC1C(C(=O)c2c(O)c3ccccc3oc2=O)=CNC=C1C(=O)c1c(O)c2ccccc2oc1=O. The summed E-state index contributed by atoms with van der Waals surface area (Å²) >= 11 is 0. The Labute approximate surface area is 202 Å². The fourth-order valence-corrected chi connectivity index (χ4v) is 4.43. The van der Waals surface area contributed by atoms with Gasteiger partial charge in [-0.05, 0) is 30.7 Å². The molecule has 5 rings (SSSR count). The minimum absolute atomic E-state index is 0.00546. The Balaban J connectivity index is 1.57. The van der Waals surface area contributed by atoms with Gasteiger partial charge in [-0.3, -0.25) is 9.59 Å². The number of Topliss-reactive ketones (excluding diaryl/α,β-unsaturated/α-hetero) is 2. The number of fused-ring (bicyclic) bond motifs is 2. The lowest BCUT2D eigenvalue weighted by molar-refractivity contribution is 0.0999. The number of dihydropyridines is 1. The van der Waals surface area contributed by atoms with Gasteiger partial charge in [0.15, 0.2) is 11.1 Å². The van der Waals surface area contributed by atoms with Gasteiger partial charge in [0.25, 0.3) is 0 Å². The summed E-state index contributed by atoms with van der Waals surface area (Å²) in [6, 6.07) is 12.5. The monoisotopic (exact) mass is 485 g/mol. The number of hydrogen-bond acceptors (Lipinski definition) is 9. The zero-order chi connectivity index (χ0) is 25.6. The second-order valence-corrected chi connectivity index (χ2v) is 8.20. The Morgan fingerprint density at radius 3 is 1.61 bits per heavy atom. The van der Waals surface area contributed by atoms with Crippen molar-refractivity contribution >= 4 is 33.5 Å². The van der Waals surface area contributed by atoms with Crippen LogP contribution in [0.25, 0.3) is 21.9 Å². The highest BCUT2D eigenvalue weighted by molar-refractivity contribution is 6.17. The maximum Gasteiger partial charge on any atom is 0.351 e. The van der Waals surface area contributed by atoms with E-state index in [0.29, 0.717) is 0 Å². The van der Waals surface area contributed by atoms with Crippen LogP contribution in [0.15, 0.2) is 90.5 Å². The van der Waals surface area contributed by atoms with Crippen LogP contribution in [0.1, 0.15) is 34.1 Å². The number of carbonyl (C=O) groups is 2. The third-order valence-electron chi connectivity index (χ3n) is 6.19. The Morgan fingerprint density at radius 1 is 0.778 bits per heavy atom. The van der Waals surface area contributed by atoms with E-state index in [2.05, 4.69) is 5.32 Å². The van der Waals surface area contributed by atoms with Gasteiger partial charge in [-0.25, -0.2) is 9.59 Å². The largest absolute Gasteiger partial charge is 0.506 e. The van der Waals surface area contributed by atoms with Crippen LogP contribution in [0.5, 0.6) is 11.5 Å². The van der Waals surface area contributed by atoms with Crippen molar-refractivity contribution in [1.82, 2.24) is 5.32 Å². The number of benzene rings is 2. The molecule has 2 aromatic carbocycles. The summed E-state index contributed by atoms with van der Waals surface area (Å²) in [6.45, 7) is 1.71. The molecule has 0 spiro atoms. The van der Waals surface area contributed by atoms with Crippen LogP contribution in [0.3, 0.4) is 0 Å². The van der Waals surface area contributed by atoms with E-state index in [4.69, 9.17) is 8.83 Å². The maximum atomic E-state index is 13.5. The molecule has 0 radical (unpaired) electrons. The molecule has 9 heteroatoms. The Hall–Kier alpha value is -4.92. The van der Waals surface area contributed by atoms with Crippen LogP contribution in [0.2, 0.25) is 0 Å². The number of ketones is 2. The Morgan fingerprint density at radius 2 is 1.19 bits per heavy atom. The first-order valence-corrected chi connectivity index (χ1v) is 11.1. The van der Waals surface area contributed by atoms with Crippen molar-refractivity contribution in [3.8, 4) is 11.5 Å². The van der Waals surface area contributed by atoms with Crippen LogP contribution in [-0.4, -0.2) is 21.8 Å². The standard InChI is InChI=1S/C27H19NO8/c1-2-13-16(24(31)20-22(29)14-7-3-5-9-18(14)35-26(20)33)11-28-12-17(13)25(32)21-23(30)15-8-4-6-10-19(15)36-27(21)34/h3-13,28-30H,2H2,1H3. The lowest BCUT2D eigenvalue weighted by Crippen LogP contribution is -2.30. The fraction of sp³-hybridized carbons (Fsp3) is 0.111. The molecular weight excluding hydrogens is 466 g/mol. The smallest absolute Gasteiger partial charge is 0.351 e. The van der Waals surface area contributed by atoms with Crippen LogP contribution < -0.4 is 16.6 Å². The number of hydrogen-bond donors (Lipinski definition) is 3. The zero-order valence-electron chi connectivity index (χ0n) is 18.9. The molecule has 3 heterocycles. The van der Waals surface area contributed by atoms with Gasteiger partial charge in [0.1, 0.15) is 22.7 Å². The number of nitrogens with one attached hydrogen (secondary N) is 1. The van der Waals surface area contributed by atoms with E-state index in [0.717, 1.165) is 0 Å². The Kier molecular flexibility index (Phi) is 5.52. The molecule has 0 amide bonds. The molecule has 0 bridgehead atoms. The Bertz CT molecular complexity index is 1630. The summed E-state index contributed by atoms with van der Waals surface area (Å²) in [7, 11) is 0. The van der Waals surface area contributed by atoms with E-state index in [1.54, 1.807) is 31.2 Å². The average molecular weight is 485 g/mol. The number of para-hydroxylation sites is 2. The average Bonchev–Trinajstić information content (AvgIpc) is 2.88. The molecule has 0 fully saturated rings. The molecule has 0 saturated heterocycles. The minimum Gasteiger partial charge on any atom is -0.506 e. The minimum atomic E-state index is -1.03. The molecule has 3 N–H and O–H groups in total. The third kappa shape index (κ3) is 3.49. The lowest BCUT2D eigenvalue weighted by Gasteiger charge is -2.24. The van der Waals surface area contributed by atoms with Crippen molar-refractivity contribution in [1.29, 1.82) is 0 Å². The first kappa shape index (κ1) is 22.9. The van der Waals surface area contributed by atoms with Crippen molar-refractivity contribution < 1.29 is 28.6 Å². The third-order valence-corrected chi connectivity index (χ3v) is 6.19. The first-order valence-electron chi connectivity index (χ1n) is 11.1. The molecule has 0 saturated carbocycles. The molecule has 1 aliphatic heterocycles. The van der Waals surface area contributed by atoms with E-state index < -0.39 is 51.4 Å². The molecule has 1 aliphatic rings. The lowest BCUT2D eigenvalue weighted by atomic mass is 9.80. The van der Waals surface area contributed by atoms with E-state index in [1.165, 1.54) is 36.7 Å². The van der Waals surface area contributed by atoms with Gasteiger partial charge >= 0.3 is 11.3 Å². The summed E-state index contributed by atoms with van der Waals surface area (Å²) in [4.78, 5) is 52.2. The quantitative estimate of drug-likeness (QED) is 0.284. The van der Waals surface area contributed by atoms with Crippen LogP contribution in [0, 0.1) is 5.92 Å². The van der Waals surface area contributed by atoms with E-state index in [9.17, 15) is 29.4 Å². The summed E-state index contributed by atoms with van der Waals surface area (Å²) in [5.41, 5.74) is -2.94. The summed E-state index contributed by atoms with van der Waals surface area (Å²) in [5, 5.41) is 24.5. The predicted molar refractivity (Wildman–Crippen MR) is 130 cm³/mol. The van der Waals surface area contributed by atoms with Gasteiger partial charge in [0, 0.05) is 29.5 Å². The molecule has 2 aromatic heterocycles. The van der Waals surface area contributed by atoms with Gasteiger partial charge in [-0.15, -0.1) is 0 Å². The van der Waals surface area contributed by atoms with Crippen molar-refractivity contribution in [2.75, 3.05) is 0 Å². The van der Waals surface area contributed by atoms with Crippen molar-refractivity contribution in [2.24, 2.45) is 5.92 Å². The van der Waals surface area contributed by atoms with E-state index in [-0.39, 0.29) is 39.5 Å². The van der Waals surface area contributed by atoms with Crippen molar-refractivity contribution in [3.05, 3.63) is 104 Å². The van der Waals surface area contributed by atoms with E-state index in [1.807, 2.05) is 0 Å². The summed E-state index contributed by atoms with van der Waals surface area (Å²) in [5.74, 6) is -3.59. The van der Waals surface area contributed by atoms with Crippen LogP contribution >= 0.6 is 0 Å².